The third-order valence-electron chi connectivity index (χ3n) is 4.40. The van der Waals surface area contributed by atoms with Gasteiger partial charge in [0, 0.05) is 19.1 Å². The van der Waals surface area contributed by atoms with Gasteiger partial charge in [0.15, 0.2) is 0 Å². The minimum Gasteiger partial charge on any atom is -0.326 e. The molecule has 1 fully saturated rings. The minimum atomic E-state index is 0.800. The molecule has 1 saturated carbocycles. The van der Waals surface area contributed by atoms with Gasteiger partial charge in [0.1, 0.15) is 13.7 Å². The summed E-state index contributed by atoms with van der Waals surface area (Å²) < 4.78 is 2.35. The van der Waals surface area contributed by atoms with Crippen molar-refractivity contribution >= 4 is 24.3 Å². The van der Waals surface area contributed by atoms with Gasteiger partial charge < -0.3 is 4.57 Å². The van der Waals surface area contributed by atoms with Gasteiger partial charge in [-0.05, 0) is 25.0 Å². The molecule has 3 nitrogen and oxygen atoms in total. The van der Waals surface area contributed by atoms with Crippen LogP contribution in [0.2, 0.25) is 0 Å². The van der Waals surface area contributed by atoms with Crippen LogP contribution >= 0.6 is 0 Å². The Morgan fingerprint density at radius 3 is 2.89 bits per heavy atom. The first kappa shape index (κ1) is 10.6. The predicted molar refractivity (Wildman–Crippen MR) is 73.2 cm³/mol. The highest BCUT2D eigenvalue weighted by molar-refractivity contribution is 6.33. The lowest BCUT2D eigenvalue weighted by molar-refractivity contribution is 0.0966. The second kappa shape index (κ2) is 3.85. The number of imidazole rings is 1. The second-order valence-corrected chi connectivity index (χ2v) is 5.48. The van der Waals surface area contributed by atoms with Gasteiger partial charge in [0.05, 0.1) is 17.6 Å². The topological polar surface area (TPSA) is 21.1 Å². The summed E-state index contributed by atoms with van der Waals surface area (Å²) >= 11 is 0. The lowest BCUT2D eigenvalue weighted by atomic mass is 9.91. The highest BCUT2D eigenvalue weighted by Crippen LogP contribution is 2.29. The number of fused-ring (bicyclic) bond motifs is 3. The molecule has 2 radical (unpaired) electrons. The summed E-state index contributed by atoms with van der Waals surface area (Å²) in [6, 6.07) is 6.85. The second-order valence-electron chi connectivity index (χ2n) is 5.48. The molecule has 0 atom stereocenters. The first-order chi connectivity index (χ1) is 8.81. The summed E-state index contributed by atoms with van der Waals surface area (Å²) in [7, 11) is 5.83. The van der Waals surface area contributed by atoms with E-state index in [0.29, 0.717) is 0 Å². The van der Waals surface area contributed by atoms with Crippen LogP contribution < -0.4 is 5.46 Å². The summed E-state index contributed by atoms with van der Waals surface area (Å²) in [5.41, 5.74) is 3.07. The molecule has 4 rings (SSSR count). The Hall–Kier alpha value is -1.29. The molecular weight excluding hydrogens is 221 g/mol. The van der Waals surface area contributed by atoms with Crippen molar-refractivity contribution in [2.75, 3.05) is 6.54 Å². The molecule has 18 heavy (non-hydrogen) atoms. The Balaban J connectivity index is 1.73. The SMILES string of the molecule is [B]c1ccc2c(c1)nc1n2CCN(C2CCC2)C1. The van der Waals surface area contributed by atoms with Crippen molar-refractivity contribution in [2.45, 2.75) is 38.4 Å². The van der Waals surface area contributed by atoms with Crippen LogP contribution in [-0.4, -0.2) is 34.9 Å². The average molecular weight is 237 g/mol. The molecule has 1 aromatic carbocycles. The zero-order valence-corrected chi connectivity index (χ0v) is 10.5. The van der Waals surface area contributed by atoms with E-state index in [1.807, 2.05) is 12.1 Å². The number of hydrogen-bond acceptors (Lipinski definition) is 2. The van der Waals surface area contributed by atoms with Crippen LogP contribution in [0.1, 0.15) is 25.1 Å². The molecule has 2 aliphatic rings. The summed E-state index contributed by atoms with van der Waals surface area (Å²) in [6.45, 7) is 3.22. The Morgan fingerprint density at radius 1 is 1.22 bits per heavy atom. The fourth-order valence-electron chi connectivity index (χ4n) is 3.12. The number of nitrogens with zero attached hydrogens (tertiary/aromatic N) is 3. The Kier molecular flexibility index (Phi) is 2.27. The van der Waals surface area contributed by atoms with Gasteiger partial charge in [-0.2, -0.15) is 0 Å². The third kappa shape index (κ3) is 1.52. The standard InChI is InChI=1S/C14H16BN3/c15-10-4-5-13-12(8-10)16-14-9-17(6-7-18(13)14)11-2-1-3-11/h4-5,8,11H,1-3,6-7,9H2. The van der Waals surface area contributed by atoms with E-state index in [-0.39, 0.29) is 0 Å². The van der Waals surface area contributed by atoms with Crippen molar-refractivity contribution in [1.82, 2.24) is 14.5 Å². The predicted octanol–water partition coefficient (Wildman–Crippen LogP) is 1.20. The van der Waals surface area contributed by atoms with Crippen molar-refractivity contribution in [3.63, 3.8) is 0 Å². The number of hydrogen-bond donors (Lipinski definition) is 0. The molecule has 4 heteroatoms. The third-order valence-corrected chi connectivity index (χ3v) is 4.40. The van der Waals surface area contributed by atoms with E-state index in [2.05, 4.69) is 15.5 Å². The van der Waals surface area contributed by atoms with Crippen molar-refractivity contribution in [3.8, 4) is 0 Å². The fraction of sp³-hybridized carbons (Fsp3) is 0.500. The van der Waals surface area contributed by atoms with E-state index in [0.717, 1.165) is 36.7 Å². The fourth-order valence-corrected chi connectivity index (χ4v) is 3.12. The smallest absolute Gasteiger partial charge is 0.124 e. The largest absolute Gasteiger partial charge is 0.326 e. The first-order valence-corrected chi connectivity index (χ1v) is 6.80. The summed E-state index contributed by atoms with van der Waals surface area (Å²) in [5.74, 6) is 1.20. The van der Waals surface area contributed by atoms with Crippen LogP contribution in [0.3, 0.4) is 0 Å². The lowest BCUT2D eigenvalue weighted by Crippen LogP contribution is -2.44. The van der Waals surface area contributed by atoms with Gasteiger partial charge in [-0.25, -0.2) is 4.98 Å². The van der Waals surface area contributed by atoms with Crippen molar-refractivity contribution in [2.24, 2.45) is 0 Å². The maximum atomic E-state index is 5.83. The molecule has 1 aliphatic heterocycles. The van der Waals surface area contributed by atoms with Gasteiger partial charge in [-0.1, -0.05) is 17.9 Å². The maximum absolute atomic E-state index is 5.83. The van der Waals surface area contributed by atoms with E-state index in [1.54, 1.807) is 0 Å². The molecular formula is C14H16BN3. The first-order valence-electron chi connectivity index (χ1n) is 6.80. The van der Waals surface area contributed by atoms with Crippen molar-refractivity contribution in [1.29, 1.82) is 0 Å². The normalized spacial score (nSPS) is 20.9. The summed E-state index contributed by atoms with van der Waals surface area (Å²) in [4.78, 5) is 7.34. The number of aromatic nitrogens is 2. The van der Waals surface area contributed by atoms with Crippen LogP contribution in [0.5, 0.6) is 0 Å². The van der Waals surface area contributed by atoms with Gasteiger partial charge >= 0.3 is 0 Å². The maximum Gasteiger partial charge on any atom is 0.124 e. The van der Waals surface area contributed by atoms with Crippen LogP contribution in [0.15, 0.2) is 18.2 Å². The molecule has 2 heterocycles. The zero-order chi connectivity index (χ0) is 12.1. The monoisotopic (exact) mass is 237 g/mol. The average Bonchev–Trinajstić information content (AvgIpc) is 2.62. The molecule has 90 valence electrons. The molecule has 0 N–H and O–H groups in total. The van der Waals surface area contributed by atoms with Gasteiger partial charge in [0.2, 0.25) is 0 Å². The molecule has 0 bridgehead atoms. The van der Waals surface area contributed by atoms with Gasteiger partial charge in [0.25, 0.3) is 0 Å². The molecule has 0 amide bonds. The van der Waals surface area contributed by atoms with E-state index < -0.39 is 0 Å². The molecule has 2 aromatic rings. The molecule has 1 aliphatic carbocycles. The highest BCUT2D eigenvalue weighted by atomic mass is 15.3. The zero-order valence-electron chi connectivity index (χ0n) is 10.5. The van der Waals surface area contributed by atoms with Crippen LogP contribution in [0.4, 0.5) is 0 Å². The van der Waals surface area contributed by atoms with Crippen LogP contribution in [0, 0.1) is 0 Å². The lowest BCUT2D eigenvalue weighted by Gasteiger charge is -2.39. The molecule has 1 aromatic heterocycles. The molecule has 0 spiro atoms. The van der Waals surface area contributed by atoms with Crippen molar-refractivity contribution in [3.05, 3.63) is 24.0 Å². The van der Waals surface area contributed by atoms with Gasteiger partial charge in [-0.3, -0.25) is 4.90 Å². The Labute approximate surface area is 108 Å². The van der Waals surface area contributed by atoms with Crippen molar-refractivity contribution < 1.29 is 0 Å². The van der Waals surface area contributed by atoms with E-state index in [1.165, 1.54) is 30.6 Å². The molecule has 0 unspecified atom stereocenters. The quantitative estimate of drug-likeness (QED) is 0.695. The van der Waals surface area contributed by atoms with E-state index in [4.69, 9.17) is 12.8 Å². The summed E-state index contributed by atoms with van der Waals surface area (Å²) in [6.07, 6.45) is 4.13. The Morgan fingerprint density at radius 2 is 2.11 bits per heavy atom. The van der Waals surface area contributed by atoms with Crippen LogP contribution in [0.25, 0.3) is 11.0 Å². The number of benzene rings is 1. The van der Waals surface area contributed by atoms with Crippen LogP contribution in [-0.2, 0) is 13.1 Å². The van der Waals surface area contributed by atoms with E-state index in [9.17, 15) is 0 Å². The highest BCUT2D eigenvalue weighted by Gasteiger charge is 2.29. The van der Waals surface area contributed by atoms with Gasteiger partial charge in [-0.15, -0.1) is 0 Å². The summed E-state index contributed by atoms with van der Waals surface area (Å²) in [5, 5.41) is 0. The number of rotatable bonds is 1. The van der Waals surface area contributed by atoms with E-state index >= 15 is 0 Å². The minimum absolute atomic E-state index is 0.800. The molecule has 0 saturated heterocycles. The Bertz CT molecular complexity index is 600.